The molecular formula is C25H34N2O4. The first kappa shape index (κ1) is 18.2. The molecule has 0 aromatic heterocycles. The van der Waals surface area contributed by atoms with Crippen LogP contribution in [0.2, 0.25) is 0 Å². The third-order valence-corrected chi connectivity index (χ3v) is 5.44. The lowest BCUT2D eigenvalue weighted by atomic mass is 9.98. The molecule has 1 N–H and O–H groups in total. The molecule has 6 nitrogen and oxygen atoms in total. The van der Waals surface area contributed by atoms with Gasteiger partial charge in [-0.15, -0.1) is 0 Å². The highest BCUT2D eigenvalue weighted by molar-refractivity contribution is 5.83. The van der Waals surface area contributed by atoms with E-state index in [-0.39, 0.29) is 31.8 Å². The molecule has 1 aliphatic heterocycles. The van der Waals surface area contributed by atoms with Gasteiger partial charge in [-0.25, -0.2) is 0 Å². The molecule has 3 rings (SSSR count). The maximum Gasteiger partial charge on any atom is 0.161 e. The Bertz CT molecular complexity index is 1010. The molecule has 0 radical (unpaired) electrons. The second-order valence-corrected chi connectivity index (χ2v) is 7.76. The van der Waals surface area contributed by atoms with Gasteiger partial charge in [0.2, 0.25) is 0 Å². The van der Waals surface area contributed by atoms with Gasteiger partial charge in [-0.1, -0.05) is 30.3 Å². The van der Waals surface area contributed by atoms with Crippen molar-refractivity contribution in [2.45, 2.75) is 26.4 Å². The number of hydrogen-bond donors (Lipinski definition) is 1. The molecule has 1 heterocycles. The SMILES string of the molecule is [2H]C([2H])(Oc1ccccc1OC)C(O)CN1CCN(C([2H])([2H])C(=O)Cc2c(C)cccc2C)CC1. The standard InChI is InChI=1S/C25H34N2O4/c1-19-7-6-8-20(2)23(19)15-21(28)16-26-11-13-27(14-12-26)17-22(29)18-31-25-10-5-4-9-24(25)30-3/h4-10,22,29H,11-18H2,1-3H3/i16D2,18D2. The number of ether oxygens (including phenoxy) is 2. The van der Waals surface area contributed by atoms with Crippen LogP contribution in [-0.4, -0.2) is 79.7 Å². The number of β-amino-alcohol motifs (C(OH)–C–C–N with tert-alkyl or cyclic N) is 1. The monoisotopic (exact) mass is 430 g/mol. The number of ketones is 1. The maximum atomic E-state index is 12.9. The van der Waals surface area contributed by atoms with E-state index >= 15 is 0 Å². The molecule has 1 aliphatic rings. The van der Waals surface area contributed by atoms with Crippen LogP contribution in [0.3, 0.4) is 0 Å². The summed E-state index contributed by atoms with van der Waals surface area (Å²) in [6, 6.07) is 12.4. The number of hydrogen-bond acceptors (Lipinski definition) is 6. The van der Waals surface area contributed by atoms with Crippen LogP contribution in [0.1, 0.15) is 22.2 Å². The molecule has 168 valence electrons. The molecule has 0 amide bonds. The average molecular weight is 431 g/mol. The Labute approximate surface area is 191 Å². The first-order valence-electron chi connectivity index (χ1n) is 12.5. The molecule has 0 aliphatic carbocycles. The molecule has 1 saturated heterocycles. The lowest BCUT2D eigenvalue weighted by Crippen LogP contribution is -2.50. The molecule has 1 unspecified atom stereocenters. The molecule has 1 fully saturated rings. The summed E-state index contributed by atoms with van der Waals surface area (Å²) < 4.78 is 43.9. The zero-order valence-electron chi connectivity index (χ0n) is 22.4. The summed E-state index contributed by atoms with van der Waals surface area (Å²) in [5.41, 5.74) is 2.80. The number of rotatable bonds is 10. The number of aliphatic hydroxyl groups is 1. The predicted octanol–water partition coefficient (Wildman–Crippen LogP) is 2.48. The number of benzene rings is 2. The summed E-state index contributed by atoms with van der Waals surface area (Å²) in [7, 11) is 1.46. The van der Waals surface area contributed by atoms with Crippen LogP contribution in [0.15, 0.2) is 42.5 Å². The summed E-state index contributed by atoms with van der Waals surface area (Å²) >= 11 is 0. The maximum absolute atomic E-state index is 12.9. The van der Waals surface area contributed by atoms with Gasteiger partial charge in [-0.2, -0.15) is 0 Å². The highest BCUT2D eigenvalue weighted by Crippen LogP contribution is 2.25. The fourth-order valence-corrected chi connectivity index (χ4v) is 3.66. The van der Waals surface area contributed by atoms with E-state index in [1.807, 2.05) is 36.9 Å². The number of carbonyl (C=O) groups is 1. The normalized spacial score (nSPS) is 19.0. The van der Waals surface area contributed by atoms with Crippen LogP contribution in [-0.2, 0) is 11.2 Å². The average Bonchev–Trinajstić information content (AvgIpc) is 2.81. The molecular weight excluding hydrogens is 392 g/mol. The van der Waals surface area contributed by atoms with Gasteiger partial charge in [-0.3, -0.25) is 14.6 Å². The molecule has 0 saturated carbocycles. The topological polar surface area (TPSA) is 62.2 Å². The lowest BCUT2D eigenvalue weighted by molar-refractivity contribution is -0.120. The zero-order valence-corrected chi connectivity index (χ0v) is 18.4. The van der Waals surface area contributed by atoms with Crippen molar-refractivity contribution in [3.8, 4) is 11.5 Å². The van der Waals surface area contributed by atoms with E-state index in [0.29, 0.717) is 18.8 Å². The molecule has 1 atom stereocenters. The van der Waals surface area contributed by atoms with Crippen LogP contribution < -0.4 is 9.47 Å². The highest BCUT2D eigenvalue weighted by atomic mass is 16.5. The van der Waals surface area contributed by atoms with Crippen LogP contribution >= 0.6 is 0 Å². The fourth-order valence-electron chi connectivity index (χ4n) is 3.66. The summed E-state index contributed by atoms with van der Waals surface area (Å²) in [4.78, 5) is 16.3. The van der Waals surface area contributed by atoms with E-state index in [9.17, 15) is 9.90 Å². The number of aryl methyl sites for hydroxylation is 2. The number of piperazine rings is 1. The van der Waals surface area contributed by atoms with Gasteiger partial charge in [0.05, 0.1) is 19.1 Å². The van der Waals surface area contributed by atoms with Crippen molar-refractivity contribution in [3.05, 3.63) is 59.2 Å². The van der Waals surface area contributed by atoms with Gasteiger partial charge < -0.3 is 14.6 Å². The van der Waals surface area contributed by atoms with Gasteiger partial charge in [0.1, 0.15) is 12.7 Å². The van der Waals surface area contributed by atoms with Crippen LogP contribution in [0.5, 0.6) is 11.5 Å². The lowest BCUT2D eigenvalue weighted by Gasteiger charge is -2.35. The molecule has 6 heteroatoms. The predicted molar refractivity (Wildman–Crippen MR) is 122 cm³/mol. The number of para-hydroxylation sites is 2. The van der Waals surface area contributed by atoms with Gasteiger partial charge >= 0.3 is 0 Å². The van der Waals surface area contributed by atoms with Crippen molar-refractivity contribution in [1.29, 1.82) is 0 Å². The minimum atomic E-state index is -2.36. The minimum absolute atomic E-state index is 0.00927. The third kappa shape index (κ3) is 6.79. The molecule has 2 aromatic carbocycles. The Balaban J connectivity index is 1.56. The van der Waals surface area contributed by atoms with Crippen LogP contribution in [0, 0.1) is 13.8 Å². The smallest absolute Gasteiger partial charge is 0.161 e. The molecule has 31 heavy (non-hydrogen) atoms. The third-order valence-electron chi connectivity index (χ3n) is 5.44. The zero-order chi connectivity index (χ0) is 25.8. The van der Waals surface area contributed by atoms with Gasteiger partial charge in [0.15, 0.2) is 17.3 Å². The van der Waals surface area contributed by atoms with Crippen molar-refractivity contribution in [2.24, 2.45) is 0 Å². The minimum Gasteiger partial charge on any atom is -0.493 e. The Morgan fingerprint density at radius 3 is 2.29 bits per heavy atom. The quantitative estimate of drug-likeness (QED) is 0.625. The van der Waals surface area contributed by atoms with Gasteiger partial charge in [0, 0.05) is 39.1 Å². The Hall–Kier alpha value is -2.41. The number of Topliss-reactive ketones (excluding diaryl/α,β-unsaturated/α-hetero) is 1. The van der Waals surface area contributed by atoms with Crippen molar-refractivity contribution in [3.63, 3.8) is 0 Å². The van der Waals surface area contributed by atoms with E-state index in [4.69, 9.17) is 15.0 Å². The Kier molecular flexibility index (Phi) is 6.62. The van der Waals surface area contributed by atoms with E-state index in [2.05, 4.69) is 0 Å². The summed E-state index contributed by atoms with van der Waals surface area (Å²) in [6.45, 7) is 0.730. The molecule has 0 bridgehead atoms. The highest BCUT2D eigenvalue weighted by Gasteiger charge is 2.21. The largest absolute Gasteiger partial charge is 0.493 e. The summed E-state index contributed by atoms with van der Waals surface area (Å²) in [5.74, 6) is 0.0781. The Morgan fingerprint density at radius 1 is 1.03 bits per heavy atom. The van der Waals surface area contributed by atoms with Crippen molar-refractivity contribution in [1.82, 2.24) is 9.80 Å². The van der Waals surface area contributed by atoms with Gasteiger partial charge in [0.25, 0.3) is 0 Å². The van der Waals surface area contributed by atoms with Crippen LogP contribution in [0.25, 0.3) is 0 Å². The first-order valence-corrected chi connectivity index (χ1v) is 10.5. The van der Waals surface area contributed by atoms with E-state index in [0.717, 1.165) is 16.7 Å². The number of methoxy groups -OCH3 is 1. The Morgan fingerprint density at radius 2 is 1.65 bits per heavy atom. The summed E-state index contributed by atoms with van der Waals surface area (Å²) in [5, 5.41) is 10.6. The second kappa shape index (κ2) is 11.3. The number of aliphatic hydroxyl groups excluding tert-OH is 1. The van der Waals surface area contributed by atoms with Crippen molar-refractivity contribution < 1.29 is 24.9 Å². The van der Waals surface area contributed by atoms with E-state index in [1.165, 1.54) is 12.0 Å². The van der Waals surface area contributed by atoms with Gasteiger partial charge in [-0.05, 0) is 42.7 Å². The molecule has 0 spiro atoms. The number of nitrogens with zero attached hydrogens (tertiary/aromatic N) is 2. The van der Waals surface area contributed by atoms with Crippen molar-refractivity contribution in [2.75, 3.05) is 52.9 Å². The fraction of sp³-hybridized carbons (Fsp3) is 0.480. The first-order chi connectivity index (χ1) is 16.5. The van der Waals surface area contributed by atoms with Crippen molar-refractivity contribution >= 4 is 5.78 Å². The summed E-state index contributed by atoms with van der Waals surface area (Å²) in [6.07, 6.45) is -1.41. The number of carbonyl (C=O) groups excluding carboxylic acids is 1. The second-order valence-electron chi connectivity index (χ2n) is 7.76. The molecule has 2 aromatic rings. The van der Waals surface area contributed by atoms with Crippen LogP contribution in [0.4, 0.5) is 0 Å². The van der Waals surface area contributed by atoms with E-state index < -0.39 is 24.9 Å². The van der Waals surface area contributed by atoms with E-state index in [1.54, 1.807) is 24.3 Å².